The summed E-state index contributed by atoms with van der Waals surface area (Å²) >= 11 is 5.28. The summed E-state index contributed by atoms with van der Waals surface area (Å²) in [6.07, 6.45) is 0.0978. The van der Waals surface area contributed by atoms with Crippen LogP contribution in [0.5, 0.6) is 11.5 Å². The van der Waals surface area contributed by atoms with E-state index in [9.17, 15) is 9.59 Å². The normalized spacial score (nSPS) is 10.4. The molecule has 10 heteroatoms. The monoisotopic (exact) mass is 441 g/mol. The predicted molar refractivity (Wildman–Crippen MR) is 117 cm³/mol. The van der Waals surface area contributed by atoms with Gasteiger partial charge in [-0.25, -0.2) is 0 Å². The molecule has 162 valence electrons. The number of H-pyrrole nitrogens is 1. The molecule has 0 saturated heterocycles. The lowest BCUT2D eigenvalue weighted by molar-refractivity contribution is -0.122. The maximum absolute atomic E-state index is 12.2. The van der Waals surface area contributed by atoms with E-state index in [1.807, 2.05) is 31.2 Å². The Morgan fingerprint density at radius 1 is 1.06 bits per heavy atom. The van der Waals surface area contributed by atoms with Crippen LogP contribution in [0.1, 0.15) is 23.7 Å². The van der Waals surface area contributed by atoms with Crippen molar-refractivity contribution in [2.45, 2.75) is 19.9 Å². The van der Waals surface area contributed by atoms with Gasteiger partial charge in [0.2, 0.25) is 5.91 Å². The van der Waals surface area contributed by atoms with E-state index in [1.54, 1.807) is 35.9 Å². The van der Waals surface area contributed by atoms with Crippen molar-refractivity contribution in [3.8, 4) is 22.9 Å². The minimum Gasteiger partial charge on any atom is -0.497 e. The van der Waals surface area contributed by atoms with E-state index < -0.39 is 5.91 Å². The number of methoxy groups -OCH3 is 1. The lowest BCUT2D eigenvalue weighted by Gasteiger charge is -2.10. The number of hydrogen-bond acceptors (Lipinski definition) is 6. The summed E-state index contributed by atoms with van der Waals surface area (Å²) in [6, 6.07) is 14.0. The van der Waals surface area contributed by atoms with Crippen LogP contribution in [0.15, 0.2) is 48.5 Å². The van der Waals surface area contributed by atoms with E-state index >= 15 is 0 Å². The number of aromatic amines is 1. The third kappa shape index (κ3) is 5.70. The minimum atomic E-state index is -0.421. The Labute approximate surface area is 184 Å². The molecule has 2 aromatic carbocycles. The zero-order chi connectivity index (χ0) is 22.2. The number of amides is 2. The highest BCUT2D eigenvalue weighted by Gasteiger charge is 2.12. The molecule has 0 saturated carbocycles. The van der Waals surface area contributed by atoms with E-state index in [2.05, 4.69) is 21.0 Å². The Morgan fingerprint density at radius 2 is 1.74 bits per heavy atom. The van der Waals surface area contributed by atoms with E-state index in [0.29, 0.717) is 35.1 Å². The number of benzene rings is 2. The summed E-state index contributed by atoms with van der Waals surface area (Å²) in [4.78, 5) is 24.4. The molecular formula is C21H23N5O4S. The molecule has 3 N–H and O–H groups in total. The van der Waals surface area contributed by atoms with Gasteiger partial charge < -0.3 is 9.47 Å². The molecule has 2 amide bonds. The van der Waals surface area contributed by atoms with Gasteiger partial charge in [-0.15, -0.1) is 0 Å². The first-order chi connectivity index (χ1) is 15.0. The van der Waals surface area contributed by atoms with Crippen LogP contribution in [0, 0.1) is 4.77 Å². The number of nitrogens with zero attached hydrogens (tertiary/aromatic N) is 2. The van der Waals surface area contributed by atoms with Gasteiger partial charge in [0.25, 0.3) is 5.91 Å². The van der Waals surface area contributed by atoms with Gasteiger partial charge in [-0.2, -0.15) is 5.10 Å². The lowest BCUT2D eigenvalue weighted by atomic mass is 10.2. The third-order valence-electron chi connectivity index (χ3n) is 4.41. The smallest absolute Gasteiger partial charge is 0.269 e. The van der Waals surface area contributed by atoms with Gasteiger partial charge in [-0.3, -0.25) is 30.1 Å². The average molecular weight is 442 g/mol. The van der Waals surface area contributed by atoms with Crippen LogP contribution < -0.4 is 20.3 Å². The molecule has 1 aromatic heterocycles. The molecule has 3 rings (SSSR count). The lowest BCUT2D eigenvalue weighted by Crippen LogP contribution is -2.41. The summed E-state index contributed by atoms with van der Waals surface area (Å²) in [7, 11) is 1.60. The van der Waals surface area contributed by atoms with Gasteiger partial charge in [0.15, 0.2) is 10.6 Å². The highest BCUT2D eigenvalue weighted by molar-refractivity contribution is 7.71. The number of ether oxygens (including phenoxy) is 2. The predicted octanol–water partition coefficient (Wildman–Crippen LogP) is 2.87. The first-order valence-corrected chi connectivity index (χ1v) is 10.0. The Bertz CT molecular complexity index is 1090. The largest absolute Gasteiger partial charge is 0.497 e. The molecular weight excluding hydrogens is 418 g/mol. The standard InChI is InChI=1S/C21H23N5O4S/c1-3-30-17-10-6-15(7-11-17)20(28)24-22-18(27)12-13-26-19(23-25-21(26)31)14-4-8-16(29-2)9-5-14/h4-11H,3,12-13H2,1-2H3,(H,22,27)(H,24,28)(H,25,31). The second-order valence-corrected chi connectivity index (χ2v) is 6.83. The number of nitrogens with one attached hydrogen (secondary N) is 3. The molecule has 3 aromatic rings. The Morgan fingerprint density at radius 3 is 2.39 bits per heavy atom. The summed E-state index contributed by atoms with van der Waals surface area (Å²) in [5, 5.41) is 6.99. The van der Waals surface area contributed by atoms with Crippen LogP contribution in [0.2, 0.25) is 0 Å². The van der Waals surface area contributed by atoms with Crippen molar-refractivity contribution >= 4 is 24.0 Å². The van der Waals surface area contributed by atoms with Crippen molar-refractivity contribution in [2.24, 2.45) is 0 Å². The molecule has 31 heavy (non-hydrogen) atoms. The number of carbonyl (C=O) groups excluding carboxylic acids is 2. The molecule has 1 heterocycles. The zero-order valence-electron chi connectivity index (χ0n) is 17.2. The Balaban J connectivity index is 1.55. The van der Waals surface area contributed by atoms with Gasteiger partial charge >= 0.3 is 0 Å². The SMILES string of the molecule is CCOc1ccc(C(=O)NNC(=O)CCn2c(-c3ccc(OC)cc3)n[nH]c2=S)cc1. The minimum absolute atomic E-state index is 0.0978. The Kier molecular flexibility index (Phi) is 7.39. The van der Waals surface area contributed by atoms with Crippen LogP contribution >= 0.6 is 12.2 Å². The van der Waals surface area contributed by atoms with Gasteiger partial charge in [-0.1, -0.05) is 0 Å². The quantitative estimate of drug-likeness (QED) is 0.366. The molecule has 0 spiro atoms. The number of carbonyl (C=O) groups is 2. The van der Waals surface area contributed by atoms with Gasteiger partial charge in [0, 0.05) is 24.1 Å². The van der Waals surface area contributed by atoms with Crippen molar-refractivity contribution < 1.29 is 19.1 Å². The van der Waals surface area contributed by atoms with Crippen LogP contribution in [0.3, 0.4) is 0 Å². The van der Waals surface area contributed by atoms with Crippen molar-refractivity contribution in [1.82, 2.24) is 25.6 Å². The van der Waals surface area contributed by atoms with Crippen molar-refractivity contribution in [1.29, 1.82) is 0 Å². The van der Waals surface area contributed by atoms with E-state index in [1.165, 1.54) is 0 Å². The molecule has 0 bridgehead atoms. The van der Waals surface area contributed by atoms with Gasteiger partial charge in [-0.05, 0) is 67.7 Å². The van der Waals surface area contributed by atoms with E-state index in [4.69, 9.17) is 21.7 Å². The molecule has 0 fully saturated rings. The van der Waals surface area contributed by atoms with Crippen molar-refractivity contribution in [3.63, 3.8) is 0 Å². The second-order valence-electron chi connectivity index (χ2n) is 6.44. The first-order valence-electron chi connectivity index (χ1n) is 9.63. The Hall–Kier alpha value is -3.66. The highest BCUT2D eigenvalue weighted by atomic mass is 32.1. The van der Waals surface area contributed by atoms with Gasteiger partial charge in [0.05, 0.1) is 13.7 Å². The molecule has 9 nitrogen and oxygen atoms in total. The van der Waals surface area contributed by atoms with Crippen molar-refractivity contribution in [2.75, 3.05) is 13.7 Å². The van der Waals surface area contributed by atoms with Crippen molar-refractivity contribution in [3.05, 3.63) is 58.9 Å². The molecule has 0 unspecified atom stereocenters. The summed E-state index contributed by atoms with van der Waals surface area (Å²) in [6.45, 7) is 2.72. The first kappa shape index (κ1) is 22.0. The molecule has 0 aliphatic carbocycles. The molecule has 0 atom stereocenters. The van der Waals surface area contributed by atoms with Crippen LogP contribution in [-0.2, 0) is 11.3 Å². The highest BCUT2D eigenvalue weighted by Crippen LogP contribution is 2.21. The topological polar surface area (TPSA) is 110 Å². The van der Waals surface area contributed by atoms with E-state index in [0.717, 1.165) is 11.3 Å². The van der Waals surface area contributed by atoms with E-state index in [-0.39, 0.29) is 12.3 Å². The number of hydrazine groups is 1. The number of aromatic nitrogens is 3. The molecule has 0 radical (unpaired) electrons. The summed E-state index contributed by atoms with van der Waals surface area (Å²) in [5.74, 6) is 1.23. The van der Waals surface area contributed by atoms with Gasteiger partial charge in [0.1, 0.15) is 11.5 Å². The zero-order valence-corrected chi connectivity index (χ0v) is 18.0. The summed E-state index contributed by atoms with van der Waals surface area (Å²) in [5.41, 5.74) is 6.05. The van der Waals surface area contributed by atoms with Crippen LogP contribution in [0.4, 0.5) is 0 Å². The van der Waals surface area contributed by atoms with Crippen LogP contribution in [-0.4, -0.2) is 40.3 Å². The maximum Gasteiger partial charge on any atom is 0.269 e. The molecule has 0 aliphatic heterocycles. The third-order valence-corrected chi connectivity index (χ3v) is 4.72. The summed E-state index contributed by atoms with van der Waals surface area (Å²) < 4.78 is 12.6. The van der Waals surface area contributed by atoms with Crippen LogP contribution in [0.25, 0.3) is 11.4 Å². The molecule has 0 aliphatic rings. The second kappa shape index (κ2) is 10.4. The number of rotatable bonds is 8. The fourth-order valence-corrected chi connectivity index (χ4v) is 3.05. The fourth-order valence-electron chi connectivity index (χ4n) is 2.83. The number of hydrogen-bond donors (Lipinski definition) is 3. The average Bonchev–Trinajstić information content (AvgIpc) is 3.17. The fraction of sp³-hybridized carbons (Fsp3) is 0.238. The maximum atomic E-state index is 12.2.